The van der Waals surface area contributed by atoms with Crippen molar-refractivity contribution in [3.05, 3.63) is 18.0 Å². The van der Waals surface area contributed by atoms with Crippen molar-refractivity contribution >= 4 is 17.0 Å². The molecule has 0 spiro atoms. The molecule has 1 fully saturated rings. The van der Waals surface area contributed by atoms with Crippen LogP contribution in [0, 0.1) is 5.92 Å². The Morgan fingerprint density at radius 2 is 2.05 bits per heavy atom. The van der Waals surface area contributed by atoms with Gasteiger partial charge in [0.1, 0.15) is 19.0 Å². The lowest BCUT2D eigenvalue weighted by molar-refractivity contribution is -0.138. The molecule has 2 aromatic rings. The van der Waals surface area contributed by atoms with Crippen LogP contribution in [0.25, 0.3) is 11.0 Å². The lowest BCUT2D eigenvalue weighted by Crippen LogP contribution is -2.15. The van der Waals surface area contributed by atoms with Gasteiger partial charge in [-0.3, -0.25) is 4.79 Å². The first-order chi connectivity index (χ1) is 9.22. The smallest absolute Gasteiger partial charge is 0.307 e. The van der Waals surface area contributed by atoms with Crippen molar-refractivity contribution in [2.24, 2.45) is 5.92 Å². The van der Waals surface area contributed by atoms with Crippen molar-refractivity contribution in [2.45, 2.75) is 12.3 Å². The molecule has 4 rings (SSSR count). The number of carboxylic acids is 1. The highest BCUT2D eigenvalue weighted by atomic mass is 16.6. The molecule has 19 heavy (non-hydrogen) atoms. The zero-order chi connectivity index (χ0) is 13.0. The number of aromatic amines is 1. The molecule has 1 aromatic carbocycles. The molecular weight excluding hydrogens is 248 g/mol. The molecule has 6 heteroatoms. The second kappa shape index (κ2) is 3.63. The highest BCUT2D eigenvalue weighted by molar-refractivity contribution is 5.81. The highest BCUT2D eigenvalue weighted by Crippen LogP contribution is 2.47. The van der Waals surface area contributed by atoms with Gasteiger partial charge < -0.3 is 19.6 Å². The van der Waals surface area contributed by atoms with Gasteiger partial charge in [0, 0.05) is 18.1 Å². The van der Waals surface area contributed by atoms with Crippen LogP contribution in [0.4, 0.5) is 0 Å². The first kappa shape index (κ1) is 10.7. The van der Waals surface area contributed by atoms with Crippen LogP contribution < -0.4 is 9.47 Å². The lowest BCUT2D eigenvalue weighted by Gasteiger charge is -2.17. The molecule has 1 aromatic heterocycles. The Balaban J connectivity index is 1.73. The van der Waals surface area contributed by atoms with Crippen LogP contribution in [0.15, 0.2) is 12.1 Å². The topological polar surface area (TPSA) is 84.4 Å². The summed E-state index contributed by atoms with van der Waals surface area (Å²) in [4.78, 5) is 18.5. The summed E-state index contributed by atoms with van der Waals surface area (Å²) < 4.78 is 11.0. The zero-order valence-corrected chi connectivity index (χ0v) is 10.0. The van der Waals surface area contributed by atoms with Gasteiger partial charge >= 0.3 is 5.97 Å². The number of hydrogen-bond donors (Lipinski definition) is 2. The highest BCUT2D eigenvalue weighted by Gasteiger charge is 2.46. The standard InChI is InChI=1S/C13H12N2O4/c16-13(17)7-3-6(7)12-14-8-4-10-11(5-9(8)15-12)19-2-1-18-10/h4-7H,1-3H2,(H,14,15)(H,16,17). The van der Waals surface area contributed by atoms with E-state index in [2.05, 4.69) is 9.97 Å². The largest absolute Gasteiger partial charge is 0.486 e. The van der Waals surface area contributed by atoms with E-state index in [1.54, 1.807) is 0 Å². The van der Waals surface area contributed by atoms with Crippen LogP contribution >= 0.6 is 0 Å². The van der Waals surface area contributed by atoms with E-state index in [9.17, 15) is 4.79 Å². The molecule has 2 unspecified atom stereocenters. The summed E-state index contributed by atoms with van der Waals surface area (Å²) in [5.74, 6) is 1.09. The van der Waals surface area contributed by atoms with Crippen molar-refractivity contribution in [1.29, 1.82) is 0 Å². The molecule has 98 valence electrons. The summed E-state index contributed by atoms with van der Waals surface area (Å²) in [6.07, 6.45) is 0.655. The van der Waals surface area contributed by atoms with Gasteiger partial charge in [0.25, 0.3) is 0 Å². The fourth-order valence-electron chi connectivity index (χ4n) is 2.51. The second-order valence-electron chi connectivity index (χ2n) is 4.92. The number of nitrogens with zero attached hydrogens (tertiary/aromatic N) is 1. The molecule has 2 atom stereocenters. The maximum absolute atomic E-state index is 10.9. The van der Waals surface area contributed by atoms with Crippen molar-refractivity contribution in [1.82, 2.24) is 9.97 Å². The second-order valence-corrected chi connectivity index (χ2v) is 4.92. The van der Waals surface area contributed by atoms with E-state index >= 15 is 0 Å². The van der Waals surface area contributed by atoms with Crippen LogP contribution in [0.3, 0.4) is 0 Å². The number of carbonyl (C=O) groups is 1. The molecule has 0 bridgehead atoms. The van der Waals surface area contributed by atoms with E-state index < -0.39 is 5.97 Å². The quantitative estimate of drug-likeness (QED) is 0.855. The lowest BCUT2D eigenvalue weighted by atomic mass is 10.2. The molecular formula is C13H12N2O4. The van der Waals surface area contributed by atoms with Crippen LogP contribution in [-0.2, 0) is 4.79 Å². The minimum atomic E-state index is -0.753. The number of ether oxygens (including phenoxy) is 2. The van der Waals surface area contributed by atoms with E-state index in [0.717, 1.165) is 16.9 Å². The Labute approximate surface area is 108 Å². The fourth-order valence-corrected chi connectivity index (χ4v) is 2.51. The number of aromatic nitrogens is 2. The summed E-state index contributed by atoms with van der Waals surface area (Å²) in [7, 11) is 0. The van der Waals surface area contributed by atoms with Crippen LogP contribution in [-0.4, -0.2) is 34.3 Å². The molecule has 2 aliphatic rings. The van der Waals surface area contributed by atoms with E-state index in [-0.39, 0.29) is 11.8 Å². The predicted molar refractivity (Wildman–Crippen MR) is 65.6 cm³/mol. The average molecular weight is 260 g/mol. The third-order valence-electron chi connectivity index (χ3n) is 3.62. The summed E-state index contributed by atoms with van der Waals surface area (Å²) in [5, 5.41) is 8.95. The maximum atomic E-state index is 10.9. The number of H-pyrrole nitrogens is 1. The van der Waals surface area contributed by atoms with Gasteiger partial charge in [-0.1, -0.05) is 0 Å². The number of hydrogen-bond acceptors (Lipinski definition) is 4. The molecule has 0 saturated heterocycles. The zero-order valence-electron chi connectivity index (χ0n) is 10.0. The Morgan fingerprint density at radius 3 is 2.74 bits per heavy atom. The van der Waals surface area contributed by atoms with Gasteiger partial charge in [0.2, 0.25) is 0 Å². The van der Waals surface area contributed by atoms with Crippen molar-refractivity contribution < 1.29 is 19.4 Å². The van der Waals surface area contributed by atoms with Gasteiger partial charge in [-0.25, -0.2) is 4.98 Å². The first-order valence-electron chi connectivity index (χ1n) is 6.24. The van der Waals surface area contributed by atoms with Gasteiger partial charge in [0.05, 0.1) is 17.0 Å². The van der Waals surface area contributed by atoms with E-state index in [1.165, 1.54) is 0 Å². The number of fused-ring (bicyclic) bond motifs is 2. The number of aliphatic carboxylic acids is 1. The van der Waals surface area contributed by atoms with Crippen molar-refractivity contribution in [3.8, 4) is 11.5 Å². The van der Waals surface area contributed by atoms with Gasteiger partial charge in [-0.05, 0) is 6.42 Å². The number of carboxylic acid groups (broad SMARTS) is 1. The maximum Gasteiger partial charge on any atom is 0.307 e. The minimum Gasteiger partial charge on any atom is -0.486 e. The van der Waals surface area contributed by atoms with Gasteiger partial charge in [0.15, 0.2) is 11.5 Å². The number of rotatable bonds is 2. The normalized spacial score (nSPS) is 24.4. The Kier molecular flexibility index (Phi) is 2.04. The summed E-state index contributed by atoms with van der Waals surface area (Å²) in [6, 6.07) is 3.69. The number of nitrogens with one attached hydrogen (secondary N) is 1. The molecule has 0 amide bonds. The molecule has 2 N–H and O–H groups in total. The van der Waals surface area contributed by atoms with Crippen molar-refractivity contribution in [3.63, 3.8) is 0 Å². The van der Waals surface area contributed by atoms with Crippen molar-refractivity contribution in [2.75, 3.05) is 13.2 Å². The molecule has 2 heterocycles. The molecule has 6 nitrogen and oxygen atoms in total. The number of imidazole rings is 1. The monoisotopic (exact) mass is 260 g/mol. The number of benzene rings is 1. The van der Waals surface area contributed by atoms with Gasteiger partial charge in [-0.2, -0.15) is 0 Å². The molecule has 0 radical (unpaired) electrons. The van der Waals surface area contributed by atoms with Gasteiger partial charge in [-0.15, -0.1) is 0 Å². The average Bonchev–Trinajstić information content (AvgIpc) is 3.11. The van der Waals surface area contributed by atoms with Crippen LogP contribution in [0.1, 0.15) is 18.2 Å². The Bertz CT molecular complexity index is 636. The minimum absolute atomic E-state index is 0.00349. The summed E-state index contributed by atoms with van der Waals surface area (Å²) in [5.41, 5.74) is 1.64. The van der Waals surface area contributed by atoms with E-state index in [0.29, 0.717) is 31.1 Å². The van der Waals surface area contributed by atoms with E-state index in [4.69, 9.17) is 14.6 Å². The third-order valence-corrected chi connectivity index (χ3v) is 3.62. The van der Waals surface area contributed by atoms with Crippen LogP contribution in [0.5, 0.6) is 11.5 Å². The summed E-state index contributed by atoms with van der Waals surface area (Å²) >= 11 is 0. The van der Waals surface area contributed by atoms with Crippen LogP contribution in [0.2, 0.25) is 0 Å². The molecule has 1 aliphatic heterocycles. The third kappa shape index (κ3) is 1.63. The summed E-state index contributed by atoms with van der Waals surface area (Å²) in [6.45, 7) is 1.09. The Hall–Kier alpha value is -2.24. The fraction of sp³-hybridized carbons (Fsp3) is 0.385. The van der Waals surface area contributed by atoms with E-state index in [1.807, 2.05) is 12.1 Å². The molecule has 1 saturated carbocycles. The SMILES string of the molecule is O=C(O)C1CC1c1nc2cc3c(cc2[nH]1)OCCO3. The molecule has 1 aliphatic carbocycles. The first-order valence-corrected chi connectivity index (χ1v) is 6.24. The Morgan fingerprint density at radius 1 is 1.32 bits per heavy atom. The predicted octanol–water partition coefficient (Wildman–Crippen LogP) is 1.52.